The van der Waals surface area contributed by atoms with Crippen molar-refractivity contribution in [3.8, 4) is 11.4 Å². The van der Waals surface area contributed by atoms with Gasteiger partial charge in [0.05, 0.1) is 24.5 Å². The zero-order valence-electron chi connectivity index (χ0n) is 17.2. The van der Waals surface area contributed by atoms with Crippen LogP contribution in [0.1, 0.15) is 21.5 Å². The molecule has 0 N–H and O–H groups in total. The molecule has 1 saturated heterocycles. The molecule has 8 heteroatoms. The van der Waals surface area contributed by atoms with Crippen molar-refractivity contribution in [1.82, 2.24) is 19.5 Å². The maximum atomic E-state index is 13.0. The molecule has 1 unspecified atom stereocenters. The molecule has 3 aromatic rings. The van der Waals surface area contributed by atoms with Crippen LogP contribution in [-0.4, -0.2) is 51.1 Å². The molecule has 0 amide bonds. The lowest BCUT2D eigenvalue weighted by atomic mass is 10.00. The van der Waals surface area contributed by atoms with Crippen molar-refractivity contribution < 1.29 is 9.53 Å². The van der Waals surface area contributed by atoms with E-state index in [0.717, 1.165) is 11.1 Å². The Morgan fingerprint density at radius 2 is 1.97 bits per heavy atom. The number of morpholine rings is 1. The van der Waals surface area contributed by atoms with Gasteiger partial charge in [0.15, 0.2) is 5.78 Å². The molecule has 3 heterocycles. The van der Waals surface area contributed by atoms with E-state index < -0.39 is 6.10 Å². The number of carbonyl (C=O) groups excluding carboxylic acids is 1. The number of Topliss-reactive ketones (excluding diaryl/α,β-unsaturated/α-hetero) is 1. The minimum Gasteiger partial charge on any atom is -0.366 e. The van der Waals surface area contributed by atoms with Crippen molar-refractivity contribution in [1.29, 1.82) is 0 Å². The highest BCUT2D eigenvalue weighted by atomic mass is 16.5. The Hall–Kier alpha value is -3.39. The van der Waals surface area contributed by atoms with Gasteiger partial charge in [0.1, 0.15) is 12.4 Å². The molecule has 4 rings (SSSR count). The molecule has 1 aliphatic rings. The number of carbonyl (C=O) groups is 1. The fraction of sp³-hybridized carbons (Fsp3) is 0.318. The number of aromatic nitrogens is 4. The third-order valence-electron chi connectivity index (χ3n) is 5.39. The summed E-state index contributed by atoms with van der Waals surface area (Å²) in [6.07, 6.45) is 2.40. The van der Waals surface area contributed by atoms with Crippen LogP contribution in [0.3, 0.4) is 0 Å². The number of aryl methyl sites for hydroxylation is 2. The number of ketones is 1. The largest absolute Gasteiger partial charge is 0.366 e. The van der Waals surface area contributed by atoms with Gasteiger partial charge in [-0.1, -0.05) is 12.1 Å². The molecule has 0 aliphatic carbocycles. The van der Waals surface area contributed by atoms with Gasteiger partial charge in [-0.2, -0.15) is 0 Å². The van der Waals surface area contributed by atoms with Crippen molar-refractivity contribution in [2.24, 2.45) is 7.05 Å². The van der Waals surface area contributed by atoms with E-state index in [0.29, 0.717) is 42.6 Å². The fourth-order valence-corrected chi connectivity index (χ4v) is 3.45. The molecule has 154 valence electrons. The normalized spacial score (nSPS) is 16.5. The Labute approximate surface area is 174 Å². The fourth-order valence-electron chi connectivity index (χ4n) is 3.45. The summed E-state index contributed by atoms with van der Waals surface area (Å²) in [6.45, 7) is 5.22. The average Bonchev–Trinajstić information content (AvgIpc) is 2.77. The van der Waals surface area contributed by atoms with Crippen molar-refractivity contribution in [2.75, 3.05) is 24.6 Å². The zero-order chi connectivity index (χ0) is 21.3. The highest BCUT2D eigenvalue weighted by Crippen LogP contribution is 2.20. The van der Waals surface area contributed by atoms with Crippen LogP contribution in [0, 0.1) is 13.8 Å². The van der Waals surface area contributed by atoms with Crippen LogP contribution < -0.4 is 10.5 Å². The third kappa shape index (κ3) is 3.86. The maximum Gasteiger partial charge on any atom is 0.255 e. The van der Waals surface area contributed by atoms with E-state index >= 15 is 0 Å². The second-order valence-corrected chi connectivity index (χ2v) is 7.40. The lowest BCUT2D eigenvalue weighted by Gasteiger charge is -2.33. The van der Waals surface area contributed by atoms with E-state index in [1.807, 2.05) is 36.9 Å². The molecule has 2 aromatic heterocycles. The summed E-state index contributed by atoms with van der Waals surface area (Å²) in [5.74, 6) is 0.414. The number of anilines is 1. The van der Waals surface area contributed by atoms with Gasteiger partial charge in [-0.15, -0.1) is 0 Å². The van der Waals surface area contributed by atoms with Crippen LogP contribution in [0.4, 0.5) is 5.95 Å². The second kappa shape index (κ2) is 8.16. The van der Waals surface area contributed by atoms with Crippen LogP contribution in [0.2, 0.25) is 0 Å². The molecule has 30 heavy (non-hydrogen) atoms. The molecule has 0 spiro atoms. The van der Waals surface area contributed by atoms with E-state index in [9.17, 15) is 9.59 Å². The summed E-state index contributed by atoms with van der Waals surface area (Å²) in [5, 5.41) is 0. The predicted octanol–water partition coefficient (Wildman–Crippen LogP) is 1.94. The smallest absolute Gasteiger partial charge is 0.255 e. The quantitative estimate of drug-likeness (QED) is 0.613. The zero-order valence-corrected chi connectivity index (χ0v) is 17.2. The Balaban J connectivity index is 1.63. The second-order valence-electron chi connectivity index (χ2n) is 7.40. The van der Waals surface area contributed by atoms with Gasteiger partial charge in [0.25, 0.3) is 5.56 Å². The highest BCUT2D eigenvalue weighted by Gasteiger charge is 2.29. The summed E-state index contributed by atoms with van der Waals surface area (Å²) < 4.78 is 7.25. The van der Waals surface area contributed by atoms with Gasteiger partial charge in [-0.05, 0) is 37.1 Å². The Morgan fingerprint density at radius 1 is 1.13 bits per heavy atom. The summed E-state index contributed by atoms with van der Waals surface area (Å²) in [5.41, 5.74) is 3.67. The Bertz CT molecular complexity index is 1140. The summed E-state index contributed by atoms with van der Waals surface area (Å²) in [6, 6.07) is 8.82. The SMILES string of the molecule is Cc1ccc(C(=O)C2CN(c3nc(-c4ccncn4)cc(=O)n3C)CCO2)cc1C. The molecular weight excluding hydrogens is 382 g/mol. The summed E-state index contributed by atoms with van der Waals surface area (Å²) in [7, 11) is 1.67. The van der Waals surface area contributed by atoms with E-state index in [1.54, 1.807) is 19.3 Å². The molecule has 0 bridgehead atoms. The van der Waals surface area contributed by atoms with Crippen LogP contribution >= 0.6 is 0 Å². The minimum absolute atomic E-state index is 0.0697. The van der Waals surface area contributed by atoms with E-state index in [2.05, 4.69) is 15.0 Å². The summed E-state index contributed by atoms with van der Waals surface area (Å²) >= 11 is 0. The first kappa shape index (κ1) is 19.9. The number of nitrogens with zero attached hydrogens (tertiary/aromatic N) is 5. The minimum atomic E-state index is -0.625. The van der Waals surface area contributed by atoms with Gasteiger partial charge in [-0.25, -0.2) is 15.0 Å². The monoisotopic (exact) mass is 405 g/mol. The van der Waals surface area contributed by atoms with Crippen molar-refractivity contribution in [3.05, 3.63) is 69.9 Å². The average molecular weight is 405 g/mol. The molecule has 1 aromatic carbocycles. The van der Waals surface area contributed by atoms with Gasteiger partial charge in [-0.3, -0.25) is 14.2 Å². The number of rotatable bonds is 4. The number of benzene rings is 1. The maximum absolute atomic E-state index is 13.0. The van der Waals surface area contributed by atoms with E-state index in [-0.39, 0.29) is 11.3 Å². The Kier molecular flexibility index (Phi) is 5.41. The Morgan fingerprint density at radius 3 is 2.70 bits per heavy atom. The molecule has 0 saturated carbocycles. The summed E-state index contributed by atoms with van der Waals surface area (Å²) in [4.78, 5) is 40.2. The van der Waals surface area contributed by atoms with Crippen LogP contribution in [0.5, 0.6) is 0 Å². The molecular formula is C22H23N5O3. The van der Waals surface area contributed by atoms with E-state index in [1.165, 1.54) is 17.0 Å². The predicted molar refractivity (Wildman–Crippen MR) is 113 cm³/mol. The van der Waals surface area contributed by atoms with Gasteiger partial charge >= 0.3 is 0 Å². The van der Waals surface area contributed by atoms with E-state index in [4.69, 9.17) is 4.74 Å². The van der Waals surface area contributed by atoms with Gasteiger partial charge < -0.3 is 9.64 Å². The van der Waals surface area contributed by atoms with Crippen LogP contribution in [-0.2, 0) is 11.8 Å². The van der Waals surface area contributed by atoms with Crippen LogP contribution in [0.25, 0.3) is 11.4 Å². The van der Waals surface area contributed by atoms with Gasteiger partial charge in [0, 0.05) is 31.4 Å². The highest BCUT2D eigenvalue weighted by molar-refractivity contribution is 6.00. The first-order valence-electron chi connectivity index (χ1n) is 9.76. The molecule has 1 atom stereocenters. The molecule has 1 fully saturated rings. The number of hydrogen-bond donors (Lipinski definition) is 0. The topological polar surface area (TPSA) is 90.2 Å². The van der Waals surface area contributed by atoms with Crippen molar-refractivity contribution in [3.63, 3.8) is 0 Å². The first-order chi connectivity index (χ1) is 14.4. The standard InChI is InChI=1S/C22H23N5O3/c1-14-4-5-16(10-15(14)2)21(29)19-12-27(8-9-30-19)22-25-18(11-20(28)26(22)3)17-6-7-23-13-24-17/h4-7,10-11,13,19H,8-9,12H2,1-3H3. The third-order valence-corrected chi connectivity index (χ3v) is 5.39. The lowest BCUT2D eigenvalue weighted by Crippen LogP contribution is -2.48. The van der Waals surface area contributed by atoms with Crippen molar-refractivity contribution in [2.45, 2.75) is 20.0 Å². The van der Waals surface area contributed by atoms with Crippen LogP contribution in [0.15, 0.2) is 47.7 Å². The van der Waals surface area contributed by atoms with Crippen molar-refractivity contribution >= 4 is 11.7 Å². The molecule has 0 radical (unpaired) electrons. The molecule has 8 nitrogen and oxygen atoms in total. The lowest BCUT2D eigenvalue weighted by molar-refractivity contribution is 0.0336. The first-order valence-corrected chi connectivity index (χ1v) is 9.76. The van der Waals surface area contributed by atoms with Gasteiger partial charge in [0.2, 0.25) is 5.95 Å². The number of hydrogen-bond acceptors (Lipinski definition) is 7. The molecule has 1 aliphatic heterocycles. The number of ether oxygens (including phenoxy) is 1.